The molecule has 2 heterocycles. The third kappa shape index (κ3) is 3.22. The van der Waals surface area contributed by atoms with Crippen molar-refractivity contribution in [3.8, 4) is 0 Å². The molecule has 0 bridgehead atoms. The molecule has 28 heavy (non-hydrogen) atoms. The summed E-state index contributed by atoms with van der Waals surface area (Å²) in [6.45, 7) is 4.32. The molecule has 5 nitrogen and oxygen atoms in total. The second kappa shape index (κ2) is 7.19. The quantitative estimate of drug-likeness (QED) is 0.515. The van der Waals surface area contributed by atoms with Crippen LogP contribution >= 0.6 is 0 Å². The Hall–Kier alpha value is -3.60. The molecule has 2 aromatic heterocycles. The Bertz CT molecular complexity index is 1240. The predicted molar refractivity (Wildman–Crippen MR) is 109 cm³/mol. The third-order valence-electron chi connectivity index (χ3n) is 4.93. The van der Waals surface area contributed by atoms with Crippen molar-refractivity contribution in [1.82, 2.24) is 14.5 Å². The van der Waals surface area contributed by atoms with Crippen molar-refractivity contribution in [2.75, 3.05) is 0 Å². The van der Waals surface area contributed by atoms with Crippen LogP contribution in [0.2, 0.25) is 0 Å². The van der Waals surface area contributed by atoms with Gasteiger partial charge in [-0.1, -0.05) is 24.3 Å². The number of benzene rings is 2. The normalized spacial score (nSPS) is 10.9. The molecule has 0 aliphatic carbocycles. The van der Waals surface area contributed by atoms with E-state index >= 15 is 0 Å². The summed E-state index contributed by atoms with van der Waals surface area (Å²) >= 11 is 0. The Kier molecular flexibility index (Phi) is 4.57. The topological polar surface area (TPSA) is 64.8 Å². The van der Waals surface area contributed by atoms with E-state index in [1.165, 1.54) is 0 Å². The molecule has 0 amide bonds. The zero-order valence-corrected chi connectivity index (χ0v) is 15.7. The van der Waals surface area contributed by atoms with Crippen molar-refractivity contribution in [2.24, 2.45) is 0 Å². The number of carbonyl (C=O) groups is 1. The number of para-hydroxylation sites is 1. The van der Waals surface area contributed by atoms with Crippen LogP contribution in [-0.4, -0.2) is 20.3 Å². The highest BCUT2D eigenvalue weighted by atomic mass is 16.1. The van der Waals surface area contributed by atoms with Crippen molar-refractivity contribution in [1.29, 1.82) is 0 Å². The van der Waals surface area contributed by atoms with Gasteiger partial charge in [0.1, 0.15) is 5.82 Å². The monoisotopic (exact) mass is 369 g/mol. The Morgan fingerprint density at radius 2 is 1.71 bits per heavy atom. The maximum Gasteiger partial charge on any atom is 0.200 e. The van der Waals surface area contributed by atoms with Crippen LogP contribution < -0.4 is 5.43 Å². The zero-order chi connectivity index (χ0) is 19.7. The summed E-state index contributed by atoms with van der Waals surface area (Å²) in [7, 11) is 0. The van der Waals surface area contributed by atoms with Gasteiger partial charge in [-0.15, -0.1) is 0 Å². The number of pyridine rings is 1. The number of aryl methyl sites for hydroxylation is 2. The predicted octanol–water partition coefficient (Wildman–Crippen LogP) is 3.69. The number of nitrogens with zero attached hydrogens (tertiary/aromatic N) is 3. The number of rotatable bonds is 4. The number of hydrogen-bond donors (Lipinski definition) is 0. The van der Waals surface area contributed by atoms with Crippen LogP contribution in [0.15, 0.2) is 71.9 Å². The molecule has 0 spiro atoms. The molecule has 0 fully saturated rings. The molecule has 0 aliphatic rings. The fourth-order valence-electron chi connectivity index (χ4n) is 3.24. The Morgan fingerprint density at radius 1 is 0.964 bits per heavy atom. The molecule has 5 heteroatoms. The van der Waals surface area contributed by atoms with Crippen LogP contribution in [0, 0.1) is 13.8 Å². The molecule has 0 saturated carbocycles. The van der Waals surface area contributed by atoms with E-state index in [1.54, 1.807) is 42.9 Å². The SMILES string of the molecule is Cc1ccc(C(=O)c2cn(Cc3ncccn3)c3ccccc3c2=O)cc1C. The van der Waals surface area contributed by atoms with Crippen LogP contribution in [0.25, 0.3) is 10.9 Å². The summed E-state index contributed by atoms with van der Waals surface area (Å²) in [5, 5.41) is 0.508. The standard InChI is InChI=1S/C23H19N3O2/c1-15-8-9-17(12-16(15)2)22(27)19-13-26(14-21-24-10-5-11-25-21)20-7-4-3-6-18(20)23(19)28/h3-13H,14H2,1-2H3. The summed E-state index contributed by atoms with van der Waals surface area (Å²) < 4.78 is 1.86. The lowest BCUT2D eigenvalue weighted by Gasteiger charge is -2.13. The summed E-state index contributed by atoms with van der Waals surface area (Å²) in [5.74, 6) is 0.336. The summed E-state index contributed by atoms with van der Waals surface area (Å²) in [6.07, 6.45) is 4.97. The van der Waals surface area contributed by atoms with Crippen LogP contribution in [0.5, 0.6) is 0 Å². The summed E-state index contributed by atoms with van der Waals surface area (Å²) in [5.41, 5.74) is 3.27. The van der Waals surface area contributed by atoms with Crippen molar-refractivity contribution >= 4 is 16.7 Å². The van der Waals surface area contributed by atoms with Gasteiger partial charge in [0, 0.05) is 29.5 Å². The van der Waals surface area contributed by atoms with Crippen molar-refractivity contribution in [3.63, 3.8) is 0 Å². The smallest absolute Gasteiger partial charge is 0.200 e. The highest BCUT2D eigenvalue weighted by Crippen LogP contribution is 2.17. The lowest BCUT2D eigenvalue weighted by atomic mass is 9.99. The molecular formula is C23H19N3O2. The number of aromatic nitrogens is 3. The maximum absolute atomic E-state index is 13.1. The average molecular weight is 369 g/mol. The van der Waals surface area contributed by atoms with Crippen LogP contribution in [0.3, 0.4) is 0 Å². The van der Waals surface area contributed by atoms with Crippen LogP contribution in [0.4, 0.5) is 0 Å². The molecule has 2 aromatic carbocycles. The van der Waals surface area contributed by atoms with Gasteiger partial charge in [0.15, 0.2) is 5.78 Å². The molecule has 0 aliphatic heterocycles. The fraction of sp³-hybridized carbons (Fsp3) is 0.130. The maximum atomic E-state index is 13.1. The molecule has 0 radical (unpaired) electrons. The van der Waals surface area contributed by atoms with Crippen LogP contribution in [-0.2, 0) is 6.54 Å². The van der Waals surface area contributed by atoms with E-state index < -0.39 is 0 Å². The number of ketones is 1. The van der Waals surface area contributed by atoms with E-state index in [-0.39, 0.29) is 16.8 Å². The van der Waals surface area contributed by atoms with E-state index in [2.05, 4.69) is 9.97 Å². The number of hydrogen-bond acceptors (Lipinski definition) is 4. The van der Waals surface area contributed by atoms with Crippen molar-refractivity contribution in [2.45, 2.75) is 20.4 Å². The van der Waals surface area contributed by atoms with Gasteiger partial charge in [0.2, 0.25) is 5.43 Å². The number of fused-ring (bicyclic) bond motifs is 1. The van der Waals surface area contributed by atoms with E-state index in [1.807, 2.05) is 42.7 Å². The Balaban J connectivity index is 1.89. The lowest BCUT2D eigenvalue weighted by Crippen LogP contribution is -2.20. The van der Waals surface area contributed by atoms with Gasteiger partial charge in [-0.25, -0.2) is 9.97 Å². The van der Waals surface area contributed by atoms with Gasteiger partial charge >= 0.3 is 0 Å². The van der Waals surface area contributed by atoms with Gasteiger partial charge in [-0.2, -0.15) is 0 Å². The first-order chi connectivity index (χ1) is 13.5. The van der Waals surface area contributed by atoms with E-state index in [4.69, 9.17) is 0 Å². The van der Waals surface area contributed by atoms with Gasteiger partial charge in [-0.05, 0) is 49.2 Å². The molecular weight excluding hydrogens is 350 g/mol. The first-order valence-electron chi connectivity index (χ1n) is 9.04. The average Bonchev–Trinajstić information content (AvgIpc) is 2.72. The highest BCUT2D eigenvalue weighted by molar-refractivity contribution is 6.10. The molecule has 0 N–H and O–H groups in total. The third-order valence-corrected chi connectivity index (χ3v) is 4.93. The molecule has 4 rings (SSSR count). The molecule has 0 atom stereocenters. The minimum atomic E-state index is -0.276. The van der Waals surface area contributed by atoms with Gasteiger partial charge < -0.3 is 4.57 Å². The van der Waals surface area contributed by atoms with Gasteiger partial charge in [0.25, 0.3) is 0 Å². The summed E-state index contributed by atoms with van der Waals surface area (Å²) in [4.78, 5) is 34.7. The Labute approximate surface area is 162 Å². The zero-order valence-electron chi connectivity index (χ0n) is 15.7. The Morgan fingerprint density at radius 3 is 2.46 bits per heavy atom. The van der Waals surface area contributed by atoms with Crippen LogP contribution in [0.1, 0.15) is 32.9 Å². The second-order valence-corrected chi connectivity index (χ2v) is 6.81. The molecule has 0 saturated heterocycles. The van der Waals surface area contributed by atoms with Gasteiger partial charge in [0.05, 0.1) is 17.6 Å². The first kappa shape index (κ1) is 17.8. The molecule has 138 valence electrons. The van der Waals surface area contributed by atoms with E-state index in [0.29, 0.717) is 23.3 Å². The molecule has 4 aromatic rings. The van der Waals surface area contributed by atoms with E-state index in [0.717, 1.165) is 16.6 Å². The minimum absolute atomic E-state index is 0.151. The van der Waals surface area contributed by atoms with Gasteiger partial charge in [-0.3, -0.25) is 9.59 Å². The lowest BCUT2D eigenvalue weighted by molar-refractivity contribution is 0.103. The second-order valence-electron chi connectivity index (χ2n) is 6.81. The molecule has 0 unspecified atom stereocenters. The van der Waals surface area contributed by atoms with E-state index in [9.17, 15) is 9.59 Å². The minimum Gasteiger partial charge on any atom is -0.339 e. The first-order valence-corrected chi connectivity index (χ1v) is 9.04. The largest absolute Gasteiger partial charge is 0.339 e. The van der Waals surface area contributed by atoms with Crippen molar-refractivity contribution < 1.29 is 4.79 Å². The van der Waals surface area contributed by atoms with Crippen molar-refractivity contribution in [3.05, 3.63) is 105 Å². The number of carbonyl (C=O) groups excluding carboxylic acids is 1. The highest BCUT2D eigenvalue weighted by Gasteiger charge is 2.18. The summed E-state index contributed by atoms with van der Waals surface area (Å²) in [6, 6.07) is 14.5. The fourth-order valence-corrected chi connectivity index (χ4v) is 3.24.